The lowest BCUT2D eigenvalue weighted by atomic mass is 10.2. The summed E-state index contributed by atoms with van der Waals surface area (Å²) < 4.78 is 31.6. The molecule has 0 saturated carbocycles. The van der Waals surface area contributed by atoms with Gasteiger partial charge < -0.3 is 4.52 Å². The van der Waals surface area contributed by atoms with Crippen LogP contribution >= 0.6 is 11.8 Å². The fourth-order valence-electron chi connectivity index (χ4n) is 2.83. The van der Waals surface area contributed by atoms with Gasteiger partial charge >= 0.3 is 0 Å². The predicted molar refractivity (Wildman–Crippen MR) is 77.8 cm³/mol. The second kappa shape index (κ2) is 5.36. The third-order valence-electron chi connectivity index (χ3n) is 3.84. The topological polar surface area (TPSA) is 101 Å². The molecular formula is C12H15N3O5S2. The number of carbonyl (C=O) groups is 2. The first-order valence-electron chi connectivity index (χ1n) is 6.74. The highest BCUT2D eigenvalue weighted by Gasteiger charge is 2.43. The minimum atomic E-state index is -3.73. The molecule has 3 heterocycles. The molecule has 8 nitrogen and oxygen atoms in total. The Morgan fingerprint density at radius 1 is 1.32 bits per heavy atom. The minimum Gasteiger partial charge on any atom is -0.360 e. The van der Waals surface area contributed by atoms with Gasteiger partial charge in [-0.05, 0) is 20.3 Å². The lowest BCUT2D eigenvalue weighted by Gasteiger charge is -2.21. The second-order valence-corrected chi connectivity index (χ2v) is 8.08. The van der Waals surface area contributed by atoms with E-state index in [4.69, 9.17) is 4.52 Å². The SMILES string of the molecule is Cc1noc(C)c1S(=O)(=O)N1CC[C@@H](N2C(=O)CSC2=O)C1. The molecule has 0 N–H and O–H groups in total. The van der Waals surface area contributed by atoms with E-state index < -0.39 is 16.1 Å². The van der Waals surface area contributed by atoms with Crippen LogP contribution in [0.5, 0.6) is 0 Å². The molecule has 1 atom stereocenters. The van der Waals surface area contributed by atoms with E-state index in [9.17, 15) is 18.0 Å². The number of rotatable bonds is 3. The van der Waals surface area contributed by atoms with Gasteiger partial charge in [-0.1, -0.05) is 16.9 Å². The van der Waals surface area contributed by atoms with Crippen LogP contribution in [0.1, 0.15) is 17.9 Å². The van der Waals surface area contributed by atoms with Crippen LogP contribution in [0.25, 0.3) is 0 Å². The number of hydrogen-bond acceptors (Lipinski definition) is 7. The van der Waals surface area contributed by atoms with Gasteiger partial charge in [0.25, 0.3) is 5.24 Å². The zero-order chi connectivity index (χ0) is 16.1. The number of imide groups is 1. The van der Waals surface area contributed by atoms with Crippen LogP contribution in [0.2, 0.25) is 0 Å². The number of hydrogen-bond donors (Lipinski definition) is 0. The minimum absolute atomic E-state index is 0.0709. The third kappa shape index (κ3) is 2.34. The van der Waals surface area contributed by atoms with E-state index in [0.29, 0.717) is 12.1 Å². The largest absolute Gasteiger partial charge is 0.360 e. The van der Waals surface area contributed by atoms with Gasteiger partial charge in [-0.3, -0.25) is 14.5 Å². The number of amides is 2. The van der Waals surface area contributed by atoms with Crippen molar-refractivity contribution < 1.29 is 22.5 Å². The van der Waals surface area contributed by atoms with Gasteiger partial charge in [-0.25, -0.2) is 8.42 Å². The van der Waals surface area contributed by atoms with Crippen molar-refractivity contribution in [2.75, 3.05) is 18.8 Å². The molecule has 120 valence electrons. The summed E-state index contributed by atoms with van der Waals surface area (Å²) in [7, 11) is -3.73. The van der Waals surface area contributed by atoms with E-state index in [1.54, 1.807) is 13.8 Å². The summed E-state index contributed by atoms with van der Waals surface area (Å²) in [6.07, 6.45) is 0.445. The van der Waals surface area contributed by atoms with Crippen LogP contribution in [0.15, 0.2) is 9.42 Å². The number of sulfonamides is 1. The first-order valence-corrected chi connectivity index (χ1v) is 9.16. The van der Waals surface area contributed by atoms with E-state index in [1.165, 1.54) is 9.21 Å². The van der Waals surface area contributed by atoms with Crippen molar-refractivity contribution in [3.05, 3.63) is 11.5 Å². The first-order chi connectivity index (χ1) is 10.3. The lowest BCUT2D eigenvalue weighted by Crippen LogP contribution is -2.41. The lowest BCUT2D eigenvalue weighted by molar-refractivity contribution is -0.126. The molecule has 2 fully saturated rings. The van der Waals surface area contributed by atoms with Crippen molar-refractivity contribution >= 4 is 32.9 Å². The van der Waals surface area contributed by atoms with Crippen LogP contribution in [-0.4, -0.2) is 58.8 Å². The number of thioether (sulfide) groups is 1. The van der Waals surface area contributed by atoms with E-state index >= 15 is 0 Å². The highest BCUT2D eigenvalue weighted by molar-refractivity contribution is 8.14. The monoisotopic (exact) mass is 345 g/mol. The number of aryl methyl sites for hydroxylation is 2. The average Bonchev–Trinajstić information content (AvgIpc) is 3.11. The molecule has 1 aromatic rings. The van der Waals surface area contributed by atoms with Gasteiger partial charge in [0.1, 0.15) is 10.6 Å². The normalized spacial score (nSPS) is 23.7. The third-order valence-corrected chi connectivity index (χ3v) is 6.79. The molecule has 0 radical (unpaired) electrons. The maximum Gasteiger partial charge on any atom is 0.289 e. The van der Waals surface area contributed by atoms with Gasteiger partial charge in [0.05, 0.1) is 11.8 Å². The number of aromatic nitrogens is 1. The van der Waals surface area contributed by atoms with Gasteiger partial charge in [-0.2, -0.15) is 4.31 Å². The second-order valence-electron chi connectivity index (χ2n) is 5.28. The Morgan fingerprint density at radius 2 is 2.05 bits per heavy atom. The van der Waals surface area contributed by atoms with Crippen molar-refractivity contribution in [1.29, 1.82) is 0 Å². The molecule has 2 aliphatic rings. The summed E-state index contributed by atoms with van der Waals surface area (Å²) in [5, 5.41) is 3.37. The van der Waals surface area contributed by atoms with E-state index in [1.807, 2.05) is 0 Å². The molecule has 0 aliphatic carbocycles. The van der Waals surface area contributed by atoms with Crippen molar-refractivity contribution in [2.45, 2.75) is 31.2 Å². The maximum atomic E-state index is 12.7. The van der Waals surface area contributed by atoms with E-state index in [0.717, 1.165) is 11.8 Å². The average molecular weight is 345 g/mol. The standard InChI is InChI=1S/C12H15N3O5S2/c1-7-11(8(2)20-13-7)22(18,19)14-4-3-9(5-14)15-10(16)6-21-12(15)17/h9H,3-6H2,1-2H3/t9-/m1/s1. The summed E-state index contributed by atoms with van der Waals surface area (Å²) in [5.74, 6) is 0.118. The molecule has 2 aliphatic heterocycles. The van der Waals surface area contributed by atoms with Crippen molar-refractivity contribution in [3.8, 4) is 0 Å². The molecular weight excluding hydrogens is 330 g/mol. The number of nitrogens with zero attached hydrogens (tertiary/aromatic N) is 3. The Kier molecular flexibility index (Phi) is 3.77. The van der Waals surface area contributed by atoms with Crippen LogP contribution < -0.4 is 0 Å². The van der Waals surface area contributed by atoms with Crippen LogP contribution in [0, 0.1) is 13.8 Å². The number of carbonyl (C=O) groups excluding carboxylic acids is 2. The molecule has 10 heteroatoms. The fourth-order valence-corrected chi connectivity index (χ4v) is 5.39. The molecule has 0 spiro atoms. The van der Waals surface area contributed by atoms with Crippen LogP contribution in [-0.2, 0) is 14.8 Å². The molecule has 1 aromatic heterocycles. The smallest absolute Gasteiger partial charge is 0.289 e. The Hall–Kier alpha value is -1.39. The highest BCUT2D eigenvalue weighted by atomic mass is 32.2. The van der Waals surface area contributed by atoms with E-state index in [-0.39, 0.29) is 40.6 Å². The van der Waals surface area contributed by atoms with Crippen LogP contribution in [0.3, 0.4) is 0 Å². The van der Waals surface area contributed by atoms with Gasteiger partial charge in [0, 0.05) is 13.1 Å². The Labute approximate surface area is 131 Å². The Balaban J connectivity index is 1.83. The molecule has 0 bridgehead atoms. The summed E-state index contributed by atoms with van der Waals surface area (Å²) in [4.78, 5) is 24.8. The Bertz CT molecular complexity index is 706. The van der Waals surface area contributed by atoms with Gasteiger partial charge in [-0.15, -0.1) is 0 Å². The highest BCUT2D eigenvalue weighted by Crippen LogP contribution is 2.30. The summed E-state index contributed by atoms with van der Waals surface area (Å²) in [6, 6.07) is -0.398. The predicted octanol–water partition coefficient (Wildman–Crippen LogP) is 0.750. The van der Waals surface area contributed by atoms with Crippen molar-refractivity contribution in [1.82, 2.24) is 14.4 Å². The van der Waals surface area contributed by atoms with Crippen molar-refractivity contribution in [3.63, 3.8) is 0 Å². The molecule has 2 saturated heterocycles. The zero-order valence-corrected chi connectivity index (χ0v) is 13.7. The van der Waals surface area contributed by atoms with Gasteiger partial charge in [0.15, 0.2) is 5.76 Å². The summed E-state index contributed by atoms with van der Waals surface area (Å²) in [5.41, 5.74) is 0.310. The Morgan fingerprint density at radius 3 is 2.59 bits per heavy atom. The maximum absolute atomic E-state index is 12.7. The molecule has 0 aromatic carbocycles. The molecule has 3 rings (SSSR count). The van der Waals surface area contributed by atoms with E-state index in [2.05, 4.69) is 5.16 Å². The first kappa shape index (κ1) is 15.5. The molecule has 22 heavy (non-hydrogen) atoms. The molecule has 0 unspecified atom stereocenters. The van der Waals surface area contributed by atoms with Crippen molar-refractivity contribution in [2.24, 2.45) is 0 Å². The molecule has 2 amide bonds. The summed E-state index contributed by atoms with van der Waals surface area (Å²) in [6.45, 7) is 3.49. The van der Waals surface area contributed by atoms with Crippen LogP contribution in [0.4, 0.5) is 4.79 Å². The zero-order valence-electron chi connectivity index (χ0n) is 12.1. The van der Waals surface area contributed by atoms with Gasteiger partial charge in [0.2, 0.25) is 15.9 Å². The quantitative estimate of drug-likeness (QED) is 0.796. The summed E-state index contributed by atoms with van der Waals surface area (Å²) >= 11 is 0.956. The fraction of sp³-hybridized carbons (Fsp3) is 0.583.